The number of benzene rings is 2. The molecule has 5 nitrogen and oxygen atoms in total. The van der Waals surface area contributed by atoms with Crippen molar-refractivity contribution in [3.63, 3.8) is 0 Å². The van der Waals surface area contributed by atoms with Crippen LogP contribution in [0.2, 0.25) is 0 Å². The van der Waals surface area contributed by atoms with Crippen LogP contribution in [0.15, 0.2) is 53.4 Å². The predicted molar refractivity (Wildman–Crippen MR) is 98.6 cm³/mol. The molecule has 0 aromatic heterocycles. The molecule has 0 aliphatic carbocycles. The lowest BCUT2D eigenvalue weighted by Gasteiger charge is -2.09. The van der Waals surface area contributed by atoms with Crippen LogP contribution in [-0.2, 0) is 0 Å². The molecule has 7 heteroatoms. The molecule has 0 unspecified atom stereocenters. The number of halogens is 1. The second kappa shape index (κ2) is 9.68. The number of amides is 3. The van der Waals surface area contributed by atoms with Gasteiger partial charge in [0.25, 0.3) is 5.91 Å². The first-order valence-corrected chi connectivity index (χ1v) is 9.04. The second-order valence-corrected chi connectivity index (χ2v) is 6.08. The van der Waals surface area contributed by atoms with E-state index in [1.165, 1.54) is 18.2 Å². The minimum absolute atomic E-state index is 0.0156. The van der Waals surface area contributed by atoms with Crippen molar-refractivity contribution in [2.24, 2.45) is 0 Å². The zero-order valence-electron chi connectivity index (χ0n) is 13.8. The quantitative estimate of drug-likeness (QED) is 0.522. The second-order valence-electron chi connectivity index (χ2n) is 5.20. The highest BCUT2D eigenvalue weighted by atomic mass is 32.2. The fraction of sp³-hybridized carbons (Fsp3) is 0.222. The maximum atomic E-state index is 13.5. The lowest BCUT2D eigenvalue weighted by Crippen LogP contribution is -2.32. The number of rotatable bonds is 7. The summed E-state index contributed by atoms with van der Waals surface area (Å²) in [7, 11) is 0. The van der Waals surface area contributed by atoms with Gasteiger partial charge in [0.2, 0.25) is 0 Å². The lowest BCUT2D eigenvalue weighted by atomic mass is 10.2. The first-order chi connectivity index (χ1) is 12.1. The van der Waals surface area contributed by atoms with Crippen LogP contribution < -0.4 is 16.0 Å². The number of nitrogens with one attached hydrogen (secondary N) is 3. The average molecular weight is 361 g/mol. The van der Waals surface area contributed by atoms with E-state index in [9.17, 15) is 14.0 Å². The van der Waals surface area contributed by atoms with Crippen molar-refractivity contribution in [3.05, 3.63) is 59.9 Å². The van der Waals surface area contributed by atoms with E-state index in [1.807, 2.05) is 30.5 Å². The van der Waals surface area contributed by atoms with Gasteiger partial charge in [-0.05, 0) is 43.0 Å². The Labute approximate surface area is 150 Å². The maximum Gasteiger partial charge on any atom is 0.319 e. The number of hydrogen-bond acceptors (Lipinski definition) is 3. The Morgan fingerprint density at radius 2 is 1.80 bits per heavy atom. The van der Waals surface area contributed by atoms with E-state index in [1.54, 1.807) is 17.8 Å². The van der Waals surface area contributed by atoms with E-state index in [4.69, 9.17) is 0 Å². The molecule has 0 fully saturated rings. The molecular formula is C18H20FN3O2S. The van der Waals surface area contributed by atoms with Gasteiger partial charge in [-0.2, -0.15) is 0 Å². The Morgan fingerprint density at radius 1 is 1.04 bits per heavy atom. The Bertz CT molecular complexity index is 740. The van der Waals surface area contributed by atoms with Gasteiger partial charge in [0.15, 0.2) is 0 Å². The maximum absolute atomic E-state index is 13.5. The minimum Gasteiger partial charge on any atom is -0.352 e. The predicted octanol–water partition coefficient (Wildman–Crippen LogP) is 3.49. The van der Waals surface area contributed by atoms with Crippen LogP contribution in [0.3, 0.4) is 0 Å². The molecule has 2 aromatic rings. The lowest BCUT2D eigenvalue weighted by molar-refractivity contribution is 0.0949. The summed E-state index contributed by atoms with van der Waals surface area (Å²) in [6, 6.07) is 13.0. The molecule has 0 spiro atoms. The molecule has 3 amide bonds. The van der Waals surface area contributed by atoms with E-state index < -0.39 is 11.7 Å². The van der Waals surface area contributed by atoms with Crippen molar-refractivity contribution >= 4 is 29.4 Å². The highest BCUT2D eigenvalue weighted by Crippen LogP contribution is 2.18. The number of hydrogen-bond donors (Lipinski definition) is 3. The molecule has 0 aliphatic rings. The molecule has 0 radical (unpaired) electrons. The zero-order valence-corrected chi connectivity index (χ0v) is 14.7. The van der Waals surface area contributed by atoms with Gasteiger partial charge in [-0.3, -0.25) is 4.79 Å². The molecule has 0 atom stereocenters. The smallest absolute Gasteiger partial charge is 0.319 e. The summed E-state index contributed by atoms with van der Waals surface area (Å²) in [6.07, 6.45) is 2.51. The number of carbonyl (C=O) groups excluding carboxylic acids is 2. The molecule has 0 saturated heterocycles. The number of anilines is 1. The van der Waals surface area contributed by atoms with Gasteiger partial charge in [-0.25, -0.2) is 9.18 Å². The van der Waals surface area contributed by atoms with Gasteiger partial charge in [-0.1, -0.05) is 18.2 Å². The normalized spacial score (nSPS) is 10.2. The van der Waals surface area contributed by atoms with Crippen LogP contribution in [0.25, 0.3) is 0 Å². The Kier molecular flexibility index (Phi) is 7.28. The van der Waals surface area contributed by atoms with Crippen LogP contribution in [0.1, 0.15) is 16.8 Å². The Balaban J connectivity index is 1.66. The van der Waals surface area contributed by atoms with E-state index in [0.717, 1.165) is 10.6 Å². The summed E-state index contributed by atoms with van der Waals surface area (Å²) in [5.41, 5.74) is 0.735. The molecule has 0 saturated carbocycles. The number of thioether (sulfide) groups is 1. The topological polar surface area (TPSA) is 70.2 Å². The van der Waals surface area contributed by atoms with E-state index in [-0.39, 0.29) is 11.6 Å². The van der Waals surface area contributed by atoms with Gasteiger partial charge in [0, 0.05) is 23.7 Å². The summed E-state index contributed by atoms with van der Waals surface area (Å²) in [5.74, 6) is -1.01. The molecule has 2 aromatic carbocycles. The zero-order chi connectivity index (χ0) is 18.1. The SMILES string of the molecule is CSc1cccc(NC(=O)NCCCNC(=O)c2ccccc2F)c1. The third-order valence-electron chi connectivity index (χ3n) is 3.37. The van der Waals surface area contributed by atoms with E-state index >= 15 is 0 Å². The van der Waals surface area contributed by atoms with Crippen molar-refractivity contribution in [1.82, 2.24) is 10.6 Å². The van der Waals surface area contributed by atoms with E-state index in [0.29, 0.717) is 19.5 Å². The van der Waals surface area contributed by atoms with Crippen molar-refractivity contribution in [3.8, 4) is 0 Å². The van der Waals surface area contributed by atoms with Crippen molar-refractivity contribution < 1.29 is 14.0 Å². The van der Waals surface area contributed by atoms with Crippen LogP contribution >= 0.6 is 11.8 Å². The highest BCUT2D eigenvalue weighted by molar-refractivity contribution is 7.98. The third kappa shape index (κ3) is 6.11. The van der Waals surface area contributed by atoms with Gasteiger partial charge in [0.1, 0.15) is 5.82 Å². The summed E-state index contributed by atoms with van der Waals surface area (Å²) in [6.45, 7) is 0.737. The Morgan fingerprint density at radius 3 is 2.56 bits per heavy atom. The van der Waals surface area contributed by atoms with Crippen molar-refractivity contribution in [2.75, 3.05) is 24.7 Å². The largest absolute Gasteiger partial charge is 0.352 e. The van der Waals surface area contributed by atoms with Crippen LogP contribution in [0, 0.1) is 5.82 Å². The number of urea groups is 1. The van der Waals surface area contributed by atoms with Crippen molar-refractivity contribution in [2.45, 2.75) is 11.3 Å². The summed E-state index contributed by atoms with van der Waals surface area (Å²) >= 11 is 1.60. The minimum atomic E-state index is -0.551. The first kappa shape index (κ1) is 18.8. The highest BCUT2D eigenvalue weighted by Gasteiger charge is 2.09. The molecule has 0 bridgehead atoms. The summed E-state index contributed by atoms with van der Waals surface area (Å²) in [5, 5.41) is 8.09. The molecule has 0 aliphatic heterocycles. The average Bonchev–Trinajstić information content (AvgIpc) is 2.61. The monoisotopic (exact) mass is 361 g/mol. The van der Waals surface area contributed by atoms with Gasteiger partial charge >= 0.3 is 6.03 Å². The molecule has 132 valence electrons. The fourth-order valence-electron chi connectivity index (χ4n) is 2.11. The standard InChI is InChI=1S/C18H20FN3O2S/c1-25-14-7-4-6-13(12-14)22-18(24)21-11-5-10-20-17(23)15-8-2-3-9-16(15)19/h2-4,6-9,12H,5,10-11H2,1H3,(H,20,23)(H2,21,22,24). The fourth-order valence-corrected chi connectivity index (χ4v) is 2.57. The van der Waals surface area contributed by atoms with Gasteiger partial charge in [0.05, 0.1) is 5.56 Å². The van der Waals surface area contributed by atoms with Gasteiger partial charge in [-0.15, -0.1) is 11.8 Å². The molecule has 25 heavy (non-hydrogen) atoms. The van der Waals surface area contributed by atoms with Crippen molar-refractivity contribution in [1.29, 1.82) is 0 Å². The van der Waals surface area contributed by atoms with Crippen LogP contribution in [-0.4, -0.2) is 31.3 Å². The molecule has 0 heterocycles. The van der Waals surface area contributed by atoms with Crippen LogP contribution in [0.4, 0.5) is 14.9 Å². The van der Waals surface area contributed by atoms with E-state index in [2.05, 4.69) is 16.0 Å². The molecule has 2 rings (SSSR count). The summed E-state index contributed by atoms with van der Waals surface area (Å²) in [4.78, 5) is 24.7. The first-order valence-electron chi connectivity index (χ1n) is 7.82. The molecule has 3 N–H and O–H groups in total. The molecular weight excluding hydrogens is 341 g/mol. The third-order valence-corrected chi connectivity index (χ3v) is 4.10. The number of carbonyl (C=O) groups is 2. The Hall–Kier alpha value is -2.54. The summed E-state index contributed by atoms with van der Waals surface area (Å²) < 4.78 is 13.5. The van der Waals surface area contributed by atoms with Gasteiger partial charge < -0.3 is 16.0 Å². The van der Waals surface area contributed by atoms with Crippen LogP contribution in [0.5, 0.6) is 0 Å².